The van der Waals surface area contributed by atoms with Crippen molar-refractivity contribution in [2.45, 2.75) is 57.0 Å². The molecule has 11 nitrogen and oxygen atoms in total. The van der Waals surface area contributed by atoms with Crippen LogP contribution in [0.1, 0.15) is 44.9 Å². The van der Waals surface area contributed by atoms with E-state index in [0.29, 0.717) is 38.5 Å². The zero-order valence-corrected chi connectivity index (χ0v) is 16.5. The van der Waals surface area contributed by atoms with Crippen molar-refractivity contribution in [2.75, 3.05) is 13.1 Å². The van der Waals surface area contributed by atoms with Crippen LogP contribution in [0.25, 0.3) is 0 Å². The van der Waals surface area contributed by atoms with Gasteiger partial charge in [-0.2, -0.15) is 0 Å². The van der Waals surface area contributed by atoms with Gasteiger partial charge in [0.05, 0.1) is 17.7 Å². The molecule has 0 aromatic carbocycles. The number of amides is 2. The van der Waals surface area contributed by atoms with Crippen LogP contribution in [0, 0.1) is 0 Å². The van der Waals surface area contributed by atoms with Crippen LogP contribution in [0.15, 0.2) is 16.3 Å². The van der Waals surface area contributed by atoms with E-state index in [1.807, 2.05) is 0 Å². The summed E-state index contributed by atoms with van der Waals surface area (Å²) in [5.74, 6) is -1.17. The molecule has 1 heterocycles. The number of nitrogens with one attached hydrogen (secondary N) is 4. The summed E-state index contributed by atoms with van der Waals surface area (Å²) in [7, 11) is 0. The third-order valence-corrected chi connectivity index (χ3v) is 4.30. The summed E-state index contributed by atoms with van der Waals surface area (Å²) in [6.45, 7) is 1.07. The monoisotopic (exact) mass is 409 g/mol. The smallest absolute Gasteiger partial charge is 0.284 e. The maximum absolute atomic E-state index is 12.4. The van der Waals surface area contributed by atoms with Crippen molar-refractivity contribution in [1.29, 1.82) is 0 Å². The SMILES string of the molecule is NCCCC[C@@H](C=O)NNC(=O)C1=C(C(=O)NN[C@H](C=O)CCCCN)N=CC1. The largest absolute Gasteiger partial charge is 0.330 e. The first-order valence-electron chi connectivity index (χ1n) is 9.75. The summed E-state index contributed by atoms with van der Waals surface area (Å²) in [5, 5.41) is 0. The first-order valence-corrected chi connectivity index (χ1v) is 9.75. The molecule has 0 aliphatic carbocycles. The zero-order chi connectivity index (χ0) is 21.5. The van der Waals surface area contributed by atoms with E-state index in [4.69, 9.17) is 11.5 Å². The topological polar surface area (TPSA) is 181 Å². The quantitative estimate of drug-likeness (QED) is 0.0996. The Labute approximate surface area is 170 Å². The van der Waals surface area contributed by atoms with Crippen LogP contribution >= 0.6 is 0 Å². The molecule has 0 saturated heterocycles. The van der Waals surface area contributed by atoms with Crippen LogP contribution < -0.4 is 33.2 Å². The second-order valence-corrected chi connectivity index (χ2v) is 6.59. The lowest BCUT2D eigenvalue weighted by Gasteiger charge is -2.15. The molecule has 1 rings (SSSR count). The van der Waals surface area contributed by atoms with Gasteiger partial charge in [-0.25, -0.2) is 10.9 Å². The Balaban J connectivity index is 2.56. The number of unbranched alkanes of at least 4 members (excludes halogenated alkanes) is 2. The molecule has 1 aliphatic rings. The predicted molar refractivity (Wildman–Crippen MR) is 108 cm³/mol. The Bertz CT molecular complexity index is 621. The average molecular weight is 409 g/mol. The van der Waals surface area contributed by atoms with Gasteiger partial charge in [0.1, 0.15) is 18.3 Å². The molecule has 8 N–H and O–H groups in total. The normalized spacial score (nSPS) is 15.1. The zero-order valence-electron chi connectivity index (χ0n) is 16.5. The van der Waals surface area contributed by atoms with Gasteiger partial charge < -0.3 is 21.1 Å². The Hall–Kier alpha value is -2.47. The van der Waals surface area contributed by atoms with E-state index in [-0.39, 0.29) is 17.7 Å². The first kappa shape index (κ1) is 24.6. The van der Waals surface area contributed by atoms with E-state index < -0.39 is 23.9 Å². The molecule has 0 saturated carbocycles. The highest BCUT2D eigenvalue weighted by atomic mass is 16.2. The number of carbonyl (C=O) groups is 4. The fraction of sp³-hybridized carbons (Fsp3) is 0.611. The van der Waals surface area contributed by atoms with Crippen LogP contribution in [0.2, 0.25) is 0 Å². The maximum Gasteiger partial charge on any atom is 0.284 e. The molecular weight excluding hydrogens is 378 g/mol. The third-order valence-electron chi connectivity index (χ3n) is 4.30. The third kappa shape index (κ3) is 9.05. The van der Waals surface area contributed by atoms with E-state index in [2.05, 4.69) is 26.7 Å². The van der Waals surface area contributed by atoms with Crippen LogP contribution in [0.3, 0.4) is 0 Å². The summed E-state index contributed by atoms with van der Waals surface area (Å²) in [5.41, 5.74) is 21.1. The highest BCUT2D eigenvalue weighted by molar-refractivity contribution is 6.08. The molecule has 11 heteroatoms. The number of carbonyl (C=O) groups excluding carboxylic acids is 4. The molecule has 0 unspecified atom stereocenters. The molecule has 162 valence electrons. The summed E-state index contributed by atoms with van der Waals surface area (Å²) < 4.78 is 0. The van der Waals surface area contributed by atoms with Gasteiger partial charge in [0.25, 0.3) is 11.8 Å². The summed E-state index contributed by atoms with van der Waals surface area (Å²) in [6.07, 6.45) is 7.14. The number of hydrogen-bond acceptors (Lipinski definition) is 9. The van der Waals surface area contributed by atoms with E-state index in [1.165, 1.54) is 6.21 Å². The van der Waals surface area contributed by atoms with Gasteiger partial charge in [-0.15, -0.1) is 0 Å². The van der Waals surface area contributed by atoms with Crippen molar-refractivity contribution in [3.8, 4) is 0 Å². The van der Waals surface area contributed by atoms with Crippen LogP contribution in [-0.4, -0.2) is 55.8 Å². The number of hydrogen-bond donors (Lipinski definition) is 6. The lowest BCUT2D eigenvalue weighted by molar-refractivity contribution is -0.122. The molecule has 0 spiro atoms. The van der Waals surface area contributed by atoms with Crippen LogP contribution in [0.5, 0.6) is 0 Å². The molecule has 0 bridgehead atoms. The summed E-state index contributed by atoms with van der Waals surface area (Å²) >= 11 is 0. The van der Waals surface area contributed by atoms with Crippen molar-refractivity contribution >= 4 is 30.6 Å². The number of nitrogens with two attached hydrogens (primary N) is 2. The van der Waals surface area contributed by atoms with E-state index in [1.54, 1.807) is 0 Å². The fourth-order valence-corrected chi connectivity index (χ4v) is 2.62. The number of hydrazine groups is 2. The molecule has 29 heavy (non-hydrogen) atoms. The molecule has 0 fully saturated rings. The van der Waals surface area contributed by atoms with E-state index in [0.717, 1.165) is 25.7 Å². The maximum atomic E-state index is 12.4. The van der Waals surface area contributed by atoms with Gasteiger partial charge in [-0.1, -0.05) is 12.8 Å². The molecular formula is C18H31N7O4. The number of aldehydes is 2. The van der Waals surface area contributed by atoms with E-state index >= 15 is 0 Å². The summed E-state index contributed by atoms with van der Waals surface area (Å²) in [6, 6.07) is -1.11. The fourth-order valence-electron chi connectivity index (χ4n) is 2.62. The molecule has 0 aromatic rings. The van der Waals surface area contributed by atoms with Gasteiger partial charge in [-0.3, -0.25) is 25.4 Å². The first-order chi connectivity index (χ1) is 14.1. The van der Waals surface area contributed by atoms with Crippen molar-refractivity contribution in [3.63, 3.8) is 0 Å². The molecule has 2 atom stereocenters. The lowest BCUT2D eigenvalue weighted by atomic mass is 10.1. The second-order valence-electron chi connectivity index (χ2n) is 6.59. The number of rotatable bonds is 16. The predicted octanol–water partition coefficient (Wildman–Crippen LogP) is -1.65. The van der Waals surface area contributed by atoms with Gasteiger partial charge in [-0.05, 0) is 38.8 Å². The molecule has 1 aliphatic heterocycles. The van der Waals surface area contributed by atoms with Crippen molar-refractivity contribution in [1.82, 2.24) is 21.7 Å². The lowest BCUT2D eigenvalue weighted by Crippen LogP contribution is -2.47. The number of nitrogens with zero attached hydrogens (tertiary/aromatic N) is 1. The van der Waals surface area contributed by atoms with Crippen molar-refractivity contribution in [3.05, 3.63) is 11.3 Å². The minimum atomic E-state index is -0.621. The second kappa shape index (κ2) is 14.5. The molecule has 0 radical (unpaired) electrons. The molecule has 2 amide bonds. The summed E-state index contributed by atoms with van der Waals surface area (Å²) in [4.78, 5) is 50.8. The Morgan fingerprint density at radius 3 is 1.93 bits per heavy atom. The van der Waals surface area contributed by atoms with Crippen molar-refractivity contribution < 1.29 is 19.2 Å². The van der Waals surface area contributed by atoms with Gasteiger partial charge >= 0.3 is 0 Å². The minimum Gasteiger partial charge on any atom is -0.330 e. The minimum absolute atomic E-state index is 0.0470. The van der Waals surface area contributed by atoms with Gasteiger partial charge in [0.15, 0.2) is 0 Å². The van der Waals surface area contributed by atoms with Crippen LogP contribution in [-0.2, 0) is 19.2 Å². The van der Waals surface area contributed by atoms with Gasteiger partial charge in [0.2, 0.25) is 0 Å². The Morgan fingerprint density at radius 1 is 0.931 bits per heavy atom. The highest BCUT2D eigenvalue weighted by Gasteiger charge is 2.24. The van der Waals surface area contributed by atoms with Gasteiger partial charge in [0, 0.05) is 12.6 Å². The van der Waals surface area contributed by atoms with E-state index in [9.17, 15) is 19.2 Å². The van der Waals surface area contributed by atoms with Crippen molar-refractivity contribution in [2.24, 2.45) is 16.5 Å². The number of aliphatic imine (C=N–C) groups is 1. The van der Waals surface area contributed by atoms with Crippen LogP contribution in [0.4, 0.5) is 0 Å². The molecule has 0 aromatic heterocycles. The average Bonchev–Trinajstić information content (AvgIpc) is 3.22. The highest BCUT2D eigenvalue weighted by Crippen LogP contribution is 2.16. The Morgan fingerprint density at radius 2 is 1.45 bits per heavy atom. The standard InChI is InChI=1S/C18H31N7O4/c19-8-3-1-5-13(11-26)22-24-17(28)15-7-10-21-16(15)18(29)25-23-14(12-27)6-2-4-9-20/h10-14,22-23H,1-9,19-20H2,(H,24,28)(H,25,29)/t13-,14-/m0/s1. The Kier molecular flexibility index (Phi) is 12.3.